The molecule has 0 radical (unpaired) electrons. The molecule has 8 heteroatoms. The zero-order chi connectivity index (χ0) is 18.1. The summed E-state index contributed by atoms with van der Waals surface area (Å²) in [5, 5.41) is 13.8. The van der Waals surface area contributed by atoms with Crippen LogP contribution in [0.25, 0.3) is 15.5 Å². The Kier molecular flexibility index (Phi) is 4.26. The van der Waals surface area contributed by atoms with Crippen molar-refractivity contribution in [3.63, 3.8) is 0 Å². The summed E-state index contributed by atoms with van der Waals surface area (Å²) in [6.45, 7) is 0.202. The van der Waals surface area contributed by atoms with Gasteiger partial charge in [0.15, 0.2) is 5.82 Å². The van der Waals surface area contributed by atoms with E-state index >= 15 is 0 Å². The van der Waals surface area contributed by atoms with Gasteiger partial charge in [-0.2, -0.15) is 9.61 Å². The highest BCUT2D eigenvalue weighted by Crippen LogP contribution is 2.28. The highest BCUT2D eigenvalue weighted by atomic mass is 32.1. The summed E-state index contributed by atoms with van der Waals surface area (Å²) < 4.78 is 20.3. The fraction of sp³-hybridized carbons (Fsp3) is 0.167. The lowest BCUT2D eigenvalue weighted by atomic mass is 10.2. The second kappa shape index (κ2) is 6.72. The molecule has 0 aliphatic heterocycles. The summed E-state index contributed by atoms with van der Waals surface area (Å²) in [5.41, 5.74) is 2.13. The lowest BCUT2D eigenvalue weighted by molar-refractivity contribution is 0.292. The zero-order valence-corrected chi connectivity index (χ0v) is 15.1. The monoisotopic (exact) mass is 369 g/mol. The van der Waals surface area contributed by atoms with Crippen LogP contribution in [0.2, 0.25) is 0 Å². The predicted molar refractivity (Wildman–Crippen MR) is 99.2 cm³/mol. The standard InChI is InChI=1S/C18H16FN5OS/c1-23(2)14-5-3-4-12(10-14)17-22-24-16(20-21-18(24)26-17)11-25-15-8-6-13(19)7-9-15/h3-10H,11H2,1-2H3. The Morgan fingerprint density at radius 3 is 2.69 bits per heavy atom. The molecule has 4 aromatic rings. The van der Waals surface area contributed by atoms with Gasteiger partial charge in [0.05, 0.1) is 0 Å². The van der Waals surface area contributed by atoms with E-state index in [1.165, 1.54) is 23.5 Å². The summed E-state index contributed by atoms with van der Waals surface area (Å²) in [5.74, 6) is 0.860. The number of halogens is 1. The lowest BCUT2D eigenvalue weighted by Gasteiger charge is -2.12. The Morgan fingerprint density at radius 2 is 1.92 bits per heavy atom. The van der Waals surface area contributed by atoms with Crippen molar-refractivity contribution in [1.82, 2.24) is 19.8 Å². The van der Waals surface area contributed by atoms with Gasteiger partial charge in [-0.05, 0) is 36.4 Å². The van der Waals surface area contributed by atoms with Crippen molar-refractivity contribution in [2.24, 2.45) is 0 Å². The van der Waals surface area contributed by atoms with Gasteiger partial charge >= 0.3 is 0 Å². The fourth-order valence-electron chi connectivity index (χ4n) is 2.46. The molecule has 0 unspecified atom stereocenters. The quantitative estimate of drug-likeness (QED) is 0.538. The number of aromatic nitrogens is 4. The zero-order valence-electron chi connectivity index (χ0n) is 14.3. The third-order valence-corrected chi connectivity index (χ3v) is 4.79. The number of hydrogen-bond donors (Lipinski definition) is 0. The maximum atomic E-state index is 13.0. The number of rotatable bonds is 5. The summed E-state index contributed by atoms with van der Waals surface area (Å²) in [6.07, 6.45) is 0. The Balaban J connectivity index is 1.59. The minimum Gasteiger partial charge on any atom is -0.486 e. The Bertz CT molecular complexity index is 1040. The van der Waals surface area contributed by atoms with E-state index in [-0.39, 0.29) is 12.4 Å². The predicted octanol–water partition coefficient (Wildman–Crippen LogP) is 3.64. The third kappa shape index (κ3) is 3.23. The summed E-state index contributed by atoms with van der Waals surface area (Å²) in [7, 11) is 4.01. The summed E-state index contributed by atoms with van der Waals surface area (Å²) >= 11 is 1.47. The Hall–Kier alpha value is -3.00. The number of nitrogens with zero attached hydrogens (tertiary/aromatic N) is 5. The first-order valence-corrected chi connectivity index (χ1v) is 8.79. The molecule has 2 aromatic heterocycles. The second-order valence-corrected chi connectivity index (χ2v) is 6.86. The number of benzene rings is 2. The van der Waals surface area contributed by atoms with Gasteiger partial charge in [-0.25, -0.2) is 4.39 Å². The van der Waals surface area contributed by atoms with Gasteiger partial charge in [0.25, 0.3) is 0 Å². The average molecular weight is 369 g/mol. The van der Waals surface area contributed by atoms with E-state index in [1.807, 2.05) is 37.2 Å². The number of ether oxygens (including phenoxy) is 1. The van der Waals surface area contributed by atoms with Gasteiger partial charge in [-0.3, -0.25) is 0 Å². The van der Waals surface area contributed by atoms with Crippen LogP contribution in [0.5, 0.6) is 5.75 Å². The van der Waals surface area contributed by atoms with Gasteiger partial charge in [-0.15, -0.1) is 10.2 Å². The molecule has 26 heavy (non-hydrogen) atoms. The molecule has 2 aromatic carbocycles. The van der Waals surface area contributed by atoms with E-state index in [4.69, 9.17) is 4.74 Å². The summed E-state index contributed by atoms with van der Waals surface area (Å²) in [4.78, 5) is 2.75. The molecule has 6 nitrogen and oxygen atoms in total. The van der Waals surface area contributed by atoms with E-state index in [2.05, 4.69) is 21.4 Å². The van der Waals surface area contributed by atoms with E-state index in [0.717, 1.165) is 16.3 Å². The van der Waals surface area contributed by atoms with E-state index in [9.17, 15) is 4.39 Å². The van der Waals surface area contributed by atoms with Crippen molar-refractivity contribution in [3.05, 3.63) is 60.2 Å². The molecule has 132 valence electrons. The molecule has 4 rings (SSSR count). The summed E-state index contributed by atoms with van der Waals surface area (Å²) in [6, 6.07) is 14.0. The largest absolute Gasteiger partial charge is 0.486 e. The van der Waals surface area contributed by atoms with Crippen LogP contribution >= 0.6 is 11.3 Å². The SMILES string of the molecule is CN(C)c1cccc(-c2nn3c(COc4ccc(F)cc4)nnc3s2)c1. The first kappa shape index (κ1) is 16.5. The van der Waals surface area contributed by atoms with Crippen molar-refractivity contribution < 1.29 is 9.13 Å². The van der Waals surface area contributed by atoms with Crippen molar-refractivity contribution >= 4 is 22.0 Å². The van der Waals surface area contributed by atoms with Crippen LogP contribution in [-0.4, -0.2) is 33.9 Å². The van der Waals surface area contributed by atoms with Gasteiger partial charge in [-0.1, -0.05) is 23.5 Å². The maximum absolute atomic E-state index is 13.0. The van der Waals surface area contributed by atoms with Crippen LogP contribution in [0.15, 0.2) is 48.5 Å². The topological polar surface area (TPSA) is 55.6 Å². The normalized spacial score (nSPS) is 11.0. The van der Waals surface area contributed by atoms with Crippen LogP contribution in [0.4, 0.5) is 10.1 Å². The minimum atomic E-state index is -0.300. The van der Waals surface area contributed by atoms with Crippen molar-refractivity contribution in [2.75, 3.05) is 19.0 Å². The smallest absolute Gasteiger partial charge is 0.235 e. The van der Waals surface area contributed by atoms with Crippen molar-refractivity contribution in [2.45, 2.75) is 6.61 Å². The molecule has 2 heterocycles. The van der Waals surface area contributed by atoms with Crippen molar-refractivity contribution in [1.29, 1.82) is 0 Å². The molecule has 0 atom stereocenters. The van der Waals surface area contributed by atoms with E-state index in [0.29, 0.717) is 16.5 Å². The molecule has 0 aliphatic rings. The molecule has 0 saturated carbocycles. The lowest BCUT2D eigenvalue weighted by Crippen LogP contribution is -2.08. The molecular formula is C18H16FN5OS. The van der Waals surface area contributed by atoms with Gasteiger partial charge in [0.2, 0.25) is 4.96 Å². The highest BCUT2D eigenvalue weighted by Gasteiger charge is 2.14. The Morgan fingerprint density at radius 1 is 1.12 bits per heavy atom. The molecule has 0 spiro atoms. The van der Waals surface area contributed by atoms with Crippen LogP contribution in [-0.2, 0) is 6.61 Å². The molecule has 0 fully saturated rings. The first-order valence-electron chi connectivity index (χ1n) is 7.97. The van der Waals surface area contributed by atoms with Crippen LogP contribution in [0.3, 0.4) is 0 Å². The molecule has 0 amide bonds. The fourth-order valence-corrected chi connectivity index (χ4v) is 3.31. The third-order valence-electron chi connectivity index (χ3n) is 3.85. The highest BCUT2D eigenvalue weighted by molar-refractivity contribution is 7.19. The number of hydrogen-bond acceptors (Lipinski definition) is 6. The Labute approximate surface area is 153 Å². The molecule has 0 aliphatic carbocycles. The van der Waals surface area contributed by atoms with E-state index < -0.39 is 0 Å². The molecule has 0 saturated heterocycles. The van der Waals surface area contributed by atoms with Crippen LogP contribution < -0.4 is 9.64 Å². The average Bonchev–Trinajstić information content (AvgIpc) is 3.22. The van der Waals surface area contributed by atoms with Crippen LogP contribution in [0, 0.1) is 5.82 Å². The maximum Gasteiger partial charge on any atom is 0.235 e. The van der Waals surface area contributed by atoms with Crippen molar-refractivity contribution in [3.8, 4) is 16.3 Å². The molecular weight excluding hydrogens is 353 g/mol. The van der Waals surface area contributed by atoms with Crippen LogP contribution in [0.1, 0.15) is 5.82 Å². The van der Waals surface area contributed by atoms with E-state index in [1.54, 1.807) is 16.6 Å². The number of anilines is 1. The minimum absolute atomic E-state index is 0.202. The molecule has 0 bridgehead atoms. The molecule has 0 N–H and O–H groups in total. The second-order valence-electron chi connectivity index (χ2n) is 5.91. The van der Waals surface area contributed by atoms with Gasteiger partial charge in [0.1, 0.15) is 23.2 Å². The van der Waals surface area contributed by atoms with Gasteiger partial charge in [0, 0.05) is 25.3 Å². The number of fused-ring (bicyclic) bond motifs is 1. The van der Waals surface area contributed by atoms with Gasteiger partial charge < -0.3 is 9.64 Å². The first-order chi connectivity index (χ1) is 12.6.